The van der Waals surface area contributed by atoms with Crippen LogP contribution in [-0.2, 0) is 11.3 Å². The Morgan fingerprint density at radius 1 is 1.34 bits per heavy atom. The fraction of sp³-hybridized carbons (Fsp3) is 0.538. The van der Waals surface area contributed by atoms with Crippen LogP contribution >= 0.6 is 11.6 Å². The SMILES string of the molecule is CC(C)NC(=O)Cn1c(C2C=C(Cl)C=CC2)cn2cc(OCCCN3CCC[C@H](F)C3)cc2c1=O. The number of piperidine rings is 1. The molecule has 1 fully saturated rings. The van der Waals surface area contributed by atoms with E-state index in [1.165, 1.54) is 4.57 Å². The Hall–Kier alpha value is -2.58. The van der Waals surface area contributed by atoms with E-state index in [2.05, 4.69) is 10.2 Å². The average molecular weight is 505 g/mol. The zero-order valence-electron chi connectivity index (χ0n) is 20.4. The van der Waals surface area contributed by atoms with E-state index < -0.39 is 6.17 Å². The molecule has 1 aliphatic carbocycles. The van der Waals surface area contributed by atoms with Gasteiger partial charge in [0.05, 0.1) is 12.8 Å². The van der Waals surface area contributed by atoms with Gasteiger partial charge in [-0.05, 0) is 52.2 Å². The van der Waals surface area contributed by atoms with Gasteiger partial charge in [-0.3, -0.25) is 14.2 Å². The number of carbonyl (C=O) groups excluding carboxylic acids is 1. The molecule has 2 aromatic heterocycles. The number of hydrogen-bond acceptors (Lipinski definition) is 4. The number of amides is 1. The van der Waals surface area contributed by atoms with Crippen LogP contribution in [0.25, 0.3) is 5.52 Å². The molecule has 0 saturated carbocycles. The molecule has 2 atom stereocenters. The van der Waals surface area contributed by atoms with Crippen molar-refractivity contribution in [1.82, 2.24) is 19.2 Å². The fourth-order valence-corrected chi connectivity index (χ4v) is 5.02. The maximum Gasteiger partial charge on any atom is 0.275 e. The van der Waals surface area contributed by atoms with Gasteiger partial charge in [0.2, 0.25) is 5.91 Å². The summed E-state index contributed by atoms with van der Waals surface area (Å²) >= 11 is 6.24. The number of allylic oxidation sites excluding steroid dienone is 4. The van der Waals surface area contributed by atoms with Crippen LogP contribution in [0, 0.1) is 0 Å². The van der Waals surface area contributed by atoms with Crippen molar-refractivity contribution in [3.8, 4) is 5.75 Å². The molecule has 7 nitrogen and oxygen atoms in total. The zero-order valence-corrected chi connectivity index (χ0v) is 21.1. The van der Waals surface area contributed by atoms with Gasteiger partial charge in [0.25, 0.3) is 5.56 Å². The van der Waals surface area contributed by atoms with Crippen molar-refractivity contribution < 1.29 is 13.9 Å². The van der Waals surface area contributed by atoms with Crippen LogP contribution in [0.2, 0.25) is 0 Å². The van der Waals surface area contributed by atoms with Gasteiger partial charge in [0.15, 0.2) is 0 Å². The third kappa shape index (κ3) is 6.55. The predicted molar refractivity (Wildman–Crippen MR) is 136 cm³/mol. The lowest BCUT2D eigenvalue weighted by Crippen LogP contribution is -2.37. The number of halogens is 2. The molecule has 3 heterocycles. The van der Waals surface area contributed by atoms with Crippen molar-refractivity contribution in [2.24, 2.45) is 0 Å². The van der Waals surface area contributed by atoms with Crippen LogP contribution in [0.15, 0.2) is 46.5 Å². The summed E-state index contributed by atoms with van der Waals surface area (Å²) in [5, 5.41) is 3.47. The summed E-state index contributed by atoms with van der Waals surface area (Å²) in [5.74, 6) is 0.258. The van der Waals surface area contributed by atoms with Crippen molar-refractivity contribution in [2.45, 2.75) is 64.2 Å². The van der Waals surface area contributed by atoms with E-state index in [4.69, 9.17) is 16.3 Å². The Balaban J connectivity index is 1.53. The molecule has 4 rings (SSSR count). The van der Waals surface area contributed by atoms with Crippen molar-refractivity contribution >= 4 is 23.0 Å². The highest BCUT2D eigenvalue weighted by atomic mass is 35.5. The molecular weight excluding hydrogens is 471 g/mol. The van der Waals surface area contributed by atoms with Crippen LogP contribution in [-0.4, -0.2) is 58.2 Å². The maximum absolute atomic E-state index is 13.6. The minimum Gasteiger partial charge on any atom is -0.492 e. The largest absolute Gasteiger partial charge is 0.492 e. The van der Waals surface area contributed by atoms with Crippen molar-refractivity contribution in [2.75, 3.05) is 26.2 Å². The summed E-state index contributed by atoms with van der Waals surface area (Å²) in [6.45, 7) is 6.40. The average Bonchev–Trinajstić information content (AvgIpc) is 3.21. The second kappa shape index (κ2) is 11.4. The molecule has 190 valence electrons. The Morgan fingerprint density at radius 3 is 2.91 bits per heavy atom. The van der Waals surface area contributed by atoms with Crippen molar-refractivity contribution in [3.63, 3.8) is 0 Å². The van der Waals surface area contributed by atoms with E-state index >= 15 is 0 Å². The van der Waals surface area contributed by atoms with Crippen molar-refractivity contribution in [1.29, 1.82) is 0 Å². The van der Waals surface area contributed by atoms with E-state index in [1.807, 2.05) is 38.3 Å². The fourth-order valence-electron chi connectivity index (χ4n) is 4.78. The number of carbonyl (C=O) groups is 1. The lowest BCUT2D eigenvalue weighted by atomic mass is 9.97. The van der Waals surface area contributed by atoms with Gasteiger partial charge in [0, 0.05) is 48.0 Å². The Morgan fingerprint density at radius 2 is 2.17 bits per heavy atom. The molecule has 2 aromatic rings. The normalized spacial score (nSPS) is 20.9. The first-order chi connectivity index (χ1) is 16.8. The Kier molecular flexibility index (Phi) is 8.34. The third-order valence-corrected chi connectivity index (χ3v) is 6.62. The highest BCUT2D eigenvalue weighted by Gasteiger charge is 2.21. The Bertz CT molecular complexity index is 1170. The minimum atomic E-state index is -0.732. The lowest BCUT2D eigenvalue weighted by Gasteiger charge is -2.28. The molecule has 1 saturated heterocycles. The van der Waals surface area contributed by atoms with E-state index in [-0.39, 0.29) is 30.0 Å². The van der Waals surface area contributed by atoms with Gasteiger partial charge < -0.3 is 19.4 Å². The number of rotatable bonds is 9. The molecule has 1 aliphatic heterocycles. The maximum atomic E-state index is 13.6. The van der Waals surface area contributed by atoms with Gasteiger partial charge in [-0.2, -0.15) is 0 Å². The van der Waals surface area contributed by atoms with E-state index in [9.17, 15) is 14.0 Å². The molecule has 0 radical (unpaired) electrons. The molecule has 2 aliphatic rings. The van der Waals surface area contributed by atoms with Gasteiger partial charge >= 0.3 is 0 Å². The highest BCUT2D eigenvalue weighted by molar-refractivity contribution is 6.31. The summed E-state index contributed by atoms with van der Waals surface area (Å²) in [5.41, 5.74) is 0.911. The molecular formula is C26H34ClFN4O3. The molecule has 1 unspecified atom stereocenters. The zero-order chi connectivity index (χ0) is 24.9. The minimum absolute atomic E-state index is 0.0219. The molecule has 9 heteroatoms. The van der Waals surface area contributed by atoms with Crippen LogP contribution in [0.3, 0.4) is 0 Å². The summed E-state index contributed by atoms with van der Waals surface area (Å²) in [6.07, 6.45) is 11.7. The Labute approximate surface area is 210 Å². The summed E-state index contributed by atoms with van der Waals surface area (Å²) in [7, 11) is 0. The van der Waals surface area contributed by atoms with E-state index in [0.29, 0.717) is 42.3 Å². The number of likely N-dealkylation sites (tertiary alicyclic amines) is 1. The predicted octanol–water partition coefficient (Wildman–Crippen LogP) is 3.99. The van der Waals surface area contributed by atoms with E-state index in [0.717, 1.165) is 31.6 Å². The molecule has 0 bridgehead atoms. The lowest BCUT2D eigenvalue weighted by molar-refractivity contribution is -0.122. The first-order valence-electron chi connectivity index (χ1n) is 12.4. The van der Waals surface area contributed by atoms with Gasteiger partial charge in [-0.1, -0.05) is 23.8 Å². The molecule has 35 heavy (non-hydrogen) atoms. The number of aromatic nitrogens is 2. The summed E-state index contributed by atoms with van der Waals surface area (Å²) in [6, 6.07) is 1.69. The quantitative estimate of drug-likeness (QED) is 0.524. The smallest absolute Gasteiger partial charge is 0.275 e. The van der Waals surface area contributed by atoms with Crippen LogP contribution in [0.5, 0.6) is 5.75 Å². The first kappa shape index (κ1) is 25.5. The summed E-state index contributed by atoms with van der Waals surface area (Å²) < 4.78 is 22.8. The molecule has 0 spiro atoms. The molecule has 1 amide bonds. The van der Waals surface area contributed by atoms with Gasteiger partial charge in [-0.15, -0.1) is 0 Å². The molecule has 0 aromatic carbocycles. The number of ether oxygens (including phenoxy) is 1. The van der Waals surface area contributed by atoms with Crippen LogP contribution < -0.4 is 15.6 Å². The molecule has 1 N–H and O–H groups in total. The number of alkyl halides is 1. The summed E-state index contributed by atoms with van der Waals surface area (Å²) in [4.78, 5) is 28.2. The second-order valence-corrected chi connectivity index (χ2v) is 10.1. The highest BCUT2D eigenvalue weighted by Crippen LogP contribution is 2.29. The second-order valence-electron chi connectivity index (χ2n) is 9.67. The van der Waals surface area contributed by atoms with Gasteiger partial charge in [-0.25, -0.2) is 4.39 Å². The number of fused-ring (bicyclic) bond motifs is 1. The standard InChI is InChI=1S/C26H34ClFN4O3/c1-18(2)29-25(33)17-32-24(19-6-3-7-20(27)12-19)16-31-15-22(13-23(31)26(32)34)35-11-5-10-30-9-4-8-21(28)14-30/h3,7,12-13,15-16,18-19,21H,4-6,8-11,14,17H2,1-2H3,(H,29,33)/t19?,21-/m0/s1. The van der Waals surface area contributed by atoms with Crippen molar-refractivity contribution in [3.05, 3.63) is 57.8 Å². The van der Waals surface area contributed by atoms with E-state index in [1.54, 1.807) is 16.7 Å². The topological polar surface area (TPSA) is 68.0 Å². The first-order valence-corrected chi connectivity index (χ1v) is 12.8. The third-order valence-electron chi connectivity index (χ3n) is 6.36. The van der Waals surface area contributed by atoms with Gasteiger partial charge in [0.1, 0.15) is 24.0 Å². The van der Waals surface area contributed by atoms with Crippen LogP contribution in [0.1, 0.15) is 51.1 Å². The number of nitrogens with one attached hydrogen (secondary N) is 1. The monoisotopic (exact) mass is 504 g/mol. The number of nitrogens with zero attached hydrogens (tertiary/aromatic N) is 3. The number of hydrogen-bond donors (Lipinski definition) is 1. The van der Waals surface area contributed by atoms with Crippen LogP contribution in [0.4, 0.5) is 4.39 Å².